The van der Waals surface area contributed by atoms with Crippen LogP contribution in [-0.2, 0) is 14.8 Å². The van der Waals surface area contributed by atoms with Gasteiger partial charge in [0.05, 0.1) is 11.5 Å². The second-order valence-corrected chi connectivity index (χ2v) is 7.74. The normalized spacial score (nSPS) is 23.4. The van der Waals surface area contributed by atoms with E-state index in [1.807, 2.05) is 19.1 Å². The van der Waals surface area contributed by atoms with Crippen LogP contribution in [-0.4, -0.2) is 38.5 Å². The van der Waals surface area contributed by atoms with Gasteiger partial charge in [-0.1, -0.05) is 17.7 Å². The standard InChI is InChI=1S/C15H21NO3S/c1-12-2-6-15(7-3-12)20(17,18)16(14-4-5-14)10-13-8-9-19-11-13/h2-3,6-7,13-14H,4-5,8-11H2,1H3. The van der Waals surface area contributed by atoms with Gasteiger partial charge in [-0.3, -0.25) is 0 Å². The summed E-state index contributed by atoms with van der Waals surface area (Å²) in [5.74, 6) is 0.343. The number of aryl methyl sites for hydroxylation is 1. The van der Waals surface area contributed by atoms with Gasteiger partial charge in [0.2, 0.25) is 10.0 Å². The maximum Gasteiger partial charge on any atom is 0.243 e. The lowest BCUT2D eigenvalue weighted by atomic mass is 10.1. The highest BCUT2D eigenvalue weighted by Crippen LogP contribution is 2.33. The molecule has 20 heavy (non-hydrogen) atoms. The molecular formula is C15H21NO3S. The second-order valence-electron chi connectivity index (χ2n) is 5.85. The van der Waals surface area contributed by atoms with Crippen LogP contribution in [0, 0.1) is 12.8 Å². The van der Waals surface area contributed by atoms with Crippen molar-refractivity contribution in [2.24, 2.45) is 5.92 Å². The van der Waals surface area contributed by atoms with Gasteiger partial charge in [-0.15, -0.1) is 0 Å². The summed E-state index contributed by atoms with van der Waals surface area (Å²) in [5.41, 5.74) is 1.08. The van der Waals surface area contributed by atoms with E-state index in [2.05, 4.69) is 0 Å². The average molecular weight is 295 g/mol. The van der Waals surface area contributed by atoms with E-state index in [1.165, 1.54) is 0 Å². The van der Waals surface area contributed by atoms with E-state index < -0.39 is 10.0 Å². The first-order valence-corrected chi connectivity index (χ1v) is 8.67. The highest BCUT2D eigenvalue weighted by molar-refractivity contribution is 7.89. The number of hydrogen-bond acceptors (Lipinski definition) is 3. The van der Waals surface area contributed by atoms with E-state index in [-0.39, 0.29) is 6.04 Å². The third kappa shape index (κ3) is 2.90. The van der Waals surface area contributed by atoms with Crippen molar-refractivity contribution in [2.75, 3.05) is 19.8 Å². The quantitative estimate of drug-likeness (QED) is 0.836. The molecule has 1 saturated heterocycles. The van der Waals surface area contributed by atoms with Gasteiger partial charge in [-0.25, -0.2) is 8.42 Å². The van der Waals surface area contributed by atoms with Crippen LogP contribution in [0.25, 0.3) is 0 Å². The smallest absolute Gasteiger partial charge is 0.243 e. The minimum absolute atomic E-state index is 0.196. The number of ether oxygens (including phenoxy) is 1. The van der Waals surface area contributed by atoms with Crippen LogP contribution in [0.3, 0.4) is 0 Å². The van der Waals surface area contributed by atoms with E-state index in [4.69, 9.17) is 4.74 Å². The fourth-order valence-corrected chi connectivity index (χ4v) is 4.39. The molecule has 1 aliphatic heterocycles. The molecule has 0 amide bonds. The van der Waals surface area contributed by atoms with Crippen molar-refractivity contribution in [2.45, 2.75) is 37.1 Å². The molecule has 110 valence electrons. The number of sulfonamides is 1. The molecule has 0 radical (unpaired) electrons. The zero-order valence-electron chi connectivity index (χ0n) is 11.8. The van der Waals surface area contributed by atoms with Crippen LogP contribution >= 0.6 is 0 Å². The topological polar surface area (TPSA) is 46.6 Å². The van der Waals surface area contributed by atoms with Crippen LogP contribution in [0.2, 0.25) is 0 Å². The lowest BCUT2D eigenvalue weighted by Gasteiger charge is -2.24. The number of nitrogens with zero attached hydrogens (tertiary/aromatic N) is 1. The molecule has 5 heteroatoms. The van der Waals surface area contributed by atoms with Crippen LogP contribution < -0.4 is 0 Å². The number of rotatable bonds is 5. The maximum absolute atomic E-state index is 12.8. The molecule has 0 bridgehead atoms. The van der Waals surface area contributed by atoms with Crippen LogP contribution in [0.4, 0.5) is 0 Å². The largest absolute Gasteiger partial charge is 0.381 e. The molecule has 1 atom stereocenters. The molecule has 1 unspecified atom stereocenters. The van der Waals surface area contributed by atoms with Gasteiger partial charge in [-0.2, -0.15) is 4.31 Å². The molecule has 0 N–H and O–H groups in total. The van der Waals surface area contributed by atoms with Crippen molar-refractivity contribution in [3.05, 3.63) is 29.8 Å². The Morgan fingerprint density at radius 3 is 2.45 bits per heavy atom. The van der Waals surface area contributed by atoms with Crippen molar-refractivity contribution in [3.8, 4) is 0 Å². The molecule has 1 aromatic rings. The Hall–Kier alpha value is -0.910. The summed E-state index contributed by atoms with van der Waals surface area (Å²) in [4.78, 5) is 0.411. The van der Waals surface area contributed by atoms with Crippen molar-refractivity contribution >= 4 is 10.0 Å². The van der Waals surface area contributed by atoms with Gasteiger partial charge < -0.3 is 4.74 Å². The Kier molecular flexibility index (Phi) is 3.84. The minimum Gasteiger partial charge on any atom is -0.381 e. The summed E-state index contributed by atoms with van der Waals surface area (Å²) < 4.78 is 32.7. The van der Waals surface area contributed by atoms with Gasteiger partial charge in [0.1, 0.15) is 0 Å². The molecule has 0 spiro atoms. The Labute approximate surface area is 120 Å². The fourth-order valence-electron chi connectivity index (χ4n) is 2.63. The first-order chi connectivity index (χ1) is 9.57. The van der Waals surface area contributed by atoms with E-state index >= 15 is 0 Å². The Bertz CT molecular complexity index is 557. The Morgan fingerprint density at radius 1 is 1.20 bits per heavy atom. The van der Waals surface area contributed by atoms with Crippen molar-refractivity contribution in [1.82, 2.24) is 4.31 Å². The SMILES string of the molecule is Cc1ccc(S(=O)(=O)N(CC2CCOC2)C2CC2)cc1. The zero-order chi connectivity index (χ0) is 14.2. The molecule has 2 aliphatic rings. The minimum atomic E-state index is -3.36. The lowest BCUT2D eigenvalue weighted by Crippen LogP contribution is -2.37. The molecule has 2 fully saturated rings. The molecule has 4 nitrogen and oxygen atoms in total. The summed E-state index contributed by atoms with van der Waals surface area (Å²) in [6.45, 7) is 4.01. The van der Waals surface area contributed by atoms with Crippen LogP contribution in [0.1, 0.15) is 24.8 Å². The molecule has 1 aliphatic carbocycles. The highest BCUT2D eigenvalue weighted by Gasteiger charge is 2.39. The van der Waals surface area contributed by atoms with Crippen molar-refractivity contribution in [1.29, 1.82) is 0 Å². The first-order valence-electron chi connectivity index (χ1n) is 7.23. The van der Waals surface area contributed by atoms with Gasteiger partial charge >= 0.3 is 0 Å². The summed E-state index contributed by atoms with van der Waals surface area (Å²) in [5, 5.41) is 0. The van der Waals surface area contributed by atoms with Crippen molar-refractivity contribution in [3.63, 3.8) is 0 Å². The van der Waals surface area contributed by atoms with Gasteiger partial charge in [0.15, 0.2) is 0 Å². The van der Waals surface area contributed by atoms with E-state index in [9.17, 15) is 8.42 Å². The number of hydrogen-bond donors (Lipinski definition) is 0. The zero-order valence-corrected chi connectivity index (χ0v) is 12.6. The van der Waals surface area contributed by atoms with Gasteiger partial charge in [0.25, 0.3) is 0 Å². The van der Waals surface area contributed by atoms with Crippen LogP contribution in [0.15, 0.2) is 29.2 Å². The molecular weight excluding hydrogens is 274 g/mol. The molecule has 3 rings (SSSR count). The summed E-state index contributed by atoms with van der Waals surface area (Å²) >= 11 is 0. The molecule has 1 heterocycles. The molecule has 1 saturated carbocycles. The predicted molar refractivity (Wildman–Crippen MR) is 77.0 cm³/mol. The first kappa shape index (κ1) is 14.0. The van der Waals surface area contributed by atoms with E-state index in [1.54, 1.807) is 16.4 Å². The molecule has 1 aromatic carbocycles. The summed E-state index contributed by atoms with van der Waals surface area (Å²) in [6, 6.07) is 7.34. The third-order valence-electron chi connectivity index (χ3n) is 4.04. The van der Waals surface area contributed by atoms with E-state index in [0.717, 1.165) is 31.4 Å². The monoisotopic (exact) mass is 295 g/mol. The summed E-state index contributed by atoms with van der Waals surface area (Å²) in [7, 11) is -3.36. The predicted octanol–water partition coefficient (Wildman–Crippen LogP) is 2.18. The van der Waals surface area contributed by atoms with Gasteiger partial charge in [-0.05, 0) is 44.2 Å². The Morgan fingerprint density at radius 2 is 1.90 bits per heavy atom. The van der Waals surface area contributed by atoms with Crippen LogP contribution in [0.5, 0.6) is 0 Å². The fraction of sp³-hybridized carbons (Fsp3) is 0.600. The molecule has 0 aromatic heterocycles. The van der Waals surface area contributed by atoms with Crippen molar-refractivity contribution < 1.29 is 13.2 Å². The maximum atomic E-state index is 12.8. The third-order valence-corrected chi connectivity index (χ3v) is 5.98. The lowest BCUT2D eigenvalue weighted by molar-refractivity contribution is 0.180. The highest BCUT2D eigenvalue weighted by atomic mass is 32.2. The van der Waals surface area contributed by atoms with E-state index in [0.29, 0.717) is 24.0 Å². The Balaban J connectivity index is 1.83. The van der Waals surface area contributed by atoms with Gasteiger partial charge in [0, 0.05) is 19.2 Å². The number of benzene rings is 1. The average Bonchev–Trinajstić information content (AvgIpc) is 3.12. The summed E-state index contributed by atoms with van der Waals surface area (Å²) in [6.07, 6.45) is 2.93. The second kappa shape index (κ2) is 5.47.